The molecule has 0 spiro atoms. The average Bonchev–Trinajstić information content (AvgIpc) is 2.45. The molecule has 0 heterocycles. The van der Waals surface area contributed by atoms with Gasteiger partial charge in [-0.25, -0.2) is 5.43 Å². The summed E-state index contributed by atoms with van der Waals surface area (Å²) < 4.78 is 0. The van der Waals surface area contributed by atoms with Crippen molar-refractivity contribution in [1.82, 2.24) is 5.43 Å². The highest BCUT2D eigenvalue weighted by atomic mass is 35.5. The van der Waals surface area contributed by atoms with Crippen molar-refractivity contribution in [3.8, 4) is 0 Å². The summed E-state index contributed by atoms with van der Waals surface area (Å²) >= 11 is 5.71. The Balaban J connectivity index is 2.08. The molecule has 0 radical (unpaired) electrons. The molecule has 0 bridgehead atoms. The largest absolute Gasteiger partial charge is 0.288 e. The third-order valence-corrected chi connectivity index (χ3v) is 3.79. The number of nitrogens with one attached hydrogen (secondary N) is 1. The van der Waals surface area contributed by atoms with Gasteiger partial charge in [0.15, 0.2) is 0 Å². The van der Waals surface area contributed by atoms with Gasteiger partial charge in [-0.05, 0) is 43.7 Å². The van der Waals surface area contributed by atoms with Gasteiger partial charge in [0, 0.05) is 17.3 Å². The number of amides is 1. The summed E-state index contributed by atoms with van der Waals surface area (Å²) in [6, 6.07) is 3.93. The van der Waals surface area contributed by atoms with E-state index in [9.17, 15) is 14.9 Å². The Morgan fingerprint density at radius 1 is 1.52 bits per heavy atom. The van der Waals surface area contributed by atoms with E-state index in [0.29, 0.717) is 5.92 Å². The molecule has 1 aliphatic carbocycles. The fourth-order valence-electron chi connectivity index (χ4n) is 2.35. The summed E-state index contributed by atoms with van der Waals surface area (Å²) in [4.78, 5) is 22.2. The molecule has 1 aromatic carbocycles. The van der Waals surface area contributed by atoms with Crippen molar-refractivity contribution in [2.75, 3.05) is 0 Å². The van der Waals surface area contributed by atoms with Crippen LogP contribution in [0, 0.1) is 16.0 Å². The fourth-order valence-corrected chi connectivity index (χ4v) is 2.54. The number of carbonyl (C=O) groups is 1. The van der Waals surface area contributed by atoms with Crippen molar-refractivity contribution in [2.45, 2.75) is 32.6 Å². The first kappa shape index (κ1) is 15.4. The average molecular weight is 310 g/mol. The van der Waals surface area contributed by atoms with Gasteiger partial charge in [0.2, 0.25) is 0 Å². The highest BCUT2D eigenvalue weighted by Crippen LogP contribution is 2.25. The predicted molar refractivity (Wildman–Crippen MR) is 80.6 cm³/mol. The molecule has 6 nitrogen and oxygen atoms in total. The Kier molecular flexibility index (Phi) is 4.90. The fraction of sp³-hybridized carbons (Fsp3) is 0.429. The first-order chi connectivity index (χ1) is 9.97. The molecule has 0 saturated heterocycles. The quantitative estimate of drug-likeness (QED) is 0.684. The number of nitrogens with zero attached hydrogens (tertiary/aromatic N) is 2. The molecule has 1 unspecified atom stereocenters. The smallest absolute Gasteiger partial charge is 0.267 e. The first-order valence-corrected chi connectivity index (χ1v) is 7.15. The van der Waals surface area contributed by atoms with Gasteiger partial charge in [-0.15, -0.1) is 0 Å². The number of carbonyl (C=O) groups excluding carboxylic acids is 1. The molecule has 1 N–H and O–H groups in total. The van der Waals surface area contributed by atoms with E-state index in [1.54, 1.807) is 0 Å². The molecule has 1 aliphatic rings. The van der Waals surface area contributed by atoms with Crippen molar-refractivity contribution >= 4 is 28.9 Å². The molecule has 0 aromatic heterocycles. The first-order valence-electron chi connectivity index (χ1n) is 6.77. The summed E-state index contributed by atoms with van der Waals surface area (Å²) in [6.07, 6.45) is 4.01. The highest BCUT2D eigenvalue weighted by molar-refractivity contribution is 6.32. The number of nitro benzene ring substituents is 1. The van der Waals surface area contributed by atoms with Gasteiger partial charge in [-0.1, -0.05) is 18.5 Å². The molecular weight excluding hydrogens is 294 g/mol. The lowest BCUT2D eigenvalue weighted by atomic mass is 9.89. The van der Waals surface area contributed by atoms with Crippen molar-refractivity contribution < 1.29 is 9.72 Å². The topological polar surface area (TPSA) is 84.6 Å². The molecule has 1 fully saturated rings. The third-order valence-electron chi connectivity index (χ3n) is 3.47. The van der Waals surface area contributed by atoms with Crippen molar-refractivity contribution in [3.63, 3.8) is 0 Å². The van der Waals surface area contributed by atoms with Gasteiger partial charge in [-0.3, -0.25) is 14.9 Å². The van der Waals surface area contributed by atoms with Crippen LogP contribution in [-0.4, -0.2) is 16.5 Å². The molecule has 112 valence electrons. The minimum atomic E-state index is -0.617. The zero-order valence-electron chi connectivity index (χ0n) is 11.6. The van der Waals surface area contributed by atoms with Gasteiger partial charge in [0.1, 0.15) is 5.02 Å². The lowest BCUT2D eigenvalue weighted by Gasteiger charge is -2.18. The van der Waals surface area contributed by atoms with Crippen LogP contribution < -0.4 is 5.43 Å². The second-order valence-corrected chi connectivity index (χ2v) is 5.65. The van der Waals surface area contributed by atoms with Gasteiger partial charge in [0.05, 0.1) is 4.92 Å². The van der Waals surface area contributed by atoms with Crippen LogP contribution in [0.1, 0.15) is 43.0 Å². The van der Waals surface area contributed by atoms with Gasteiger partial charge in [0.25, 0.3) is 11.6 Å². The summed E-state index contributed by atoms with van der Waals surface area (Å²) in [5.41, 5.74) is 3.30. The third kappa shape index (κ3) is 4.01. The van der Waals surface area contributed by atoms with Crippen LogP contribution in [0.3, 0.4) is 0 Å². The standard InChI is InChI=1S/C14H16ClN3O3/c1-9-3-2-4-11(7-9)16-17-14(19)10-5-6-12(15)13(8-10)18(20)21/h5-6,8-9H,2-4,7H2,1H3,(H,17,19)/b16-11+. The summed E-state index contributed by atoms with van der Waals surface area (Å²) in [5, 5.41) is 14.9. The van der Waals surface area contributed by atoms with Crippen LogP contribution in [0.4, 0.5) is 5.69 Å². The minimum Gasteiger partial charge on any atom is -0.267 e. The normalized spacial score (nSPS) is 20.3. The summed E-state index contributed by atoms with van der Waals surface area (Å²) in [7, 11) is 0. The van der Waals surface area contributed by atoms with Crippen LogP contribution >= 0.6 is 11.6 Å². The second kappa shape index (κ2) is 6.67. The molecule has 21 heavy (non-hydrogen) atoms. The summed E-state index contributed by atoms with van der Waals surface area (Å²) in [6.45, 7) is 2.15. The van der Waals surface area contributed by atoms with Crippen molar-refractivity contribution in [1.29, 1.82) is 0 Å². The molecule has 0 aliphatic heterocycles. The SMILES string of the molecule is CC1CCC/C(=N\NC(=O)c2ccc(Cl)c([N+](=O)[O-])c2)C1. The Morgan fingerprint density at radius 2 is 2.29 bits per heavy atom. The predicted octanol–water partition coefficient (Wildman–Crippen LogP) is 3.54. The second-order valence-electron chi connectivity index (χ2n) is 5.24. The molecule has 1 aromatic rings. The van der Waals surface area contributed by atoms with E-state index in [-0.39, 0.29) is 16.3 Å². The summed E-state index contributed by atoms with van der Waals surface area (Å²) in [5.74, 6) is 0.103. The van der Waals surface area contributed by atoms with Gasteiger partial charge < -0.3 is 0 Å². The van der Waals surface area contributed by atoms with E-state index in [4.69, 9.17) is 11.6 Å². The lowest BCUT2D eigenvalue weighted by molar-refractivity contribution is -0.384. The molecule has 7 heteroatoms. The Morgan fingerprint density at radius 3 is 2.95 bits per heavy atom. The van der Waals surface area contributed by atoms with Crippen LogP contribution in [-0.2, 0) is 0 Å². The maximum Gasteiger partial charge on any atom is 0.288 e. The van der Waals surface area contributed by atoms with Crippen LogP contribution in [0.25, 0.3) is 0 Å². The van der Waals surface area contributed by atoms with Crippen molar-refractivity contribution in [3.05, 3.63) is 38.9 Å². The number of halogens is 1. The van der Waals surface area contributed by atoms with E-state index >= 15 is 0 Å². The van der Waals surface area contributed by atoms with Crippen LogP contribution in [0.5, 0.6) is 0 Å². The Labute approximate surface area is 127 Å². The molecule has 2 rings (SSSR count). The number of benzene rings is 1. The number of hydrogen-bond donors (Lipinski definition) is 1. The van der Waals surface area contributed by atoms with Gasteiger partial charge >= 0.3 is 0 Å². The monoisotopic (exact) mass is 309 g/mol. The number of hydrogen-bond acceptors (Lipinski definition) is 4. The minimum absolute atomic E-state index is 0.00368. The highest BCUT2D eigenvalue weighted by Gasteiger charge is 2.17. The molecule has 1 amide bonds. The maximum absolute atomic E-state index is 12.0. The van der Waals surface area contributed by atoms with Crippen LogP contribution in [0.15, 0.2) is 23.3 Å². The molecule has 1 saturated carbocycles. The van der Waals surface area contributed by atoms with E-state index in [2.05, 4.69) is 17.5 Å². The number of nitro groups is 1. The van der Waals surface area contributed by atoms with E-state index in [1.807, 2.05) is 0 Å². The molecular formula is C14H16ClN3O3. The Hall–Kier alpha value is -1.95. The van der Waals surface area contributed by atoms with E-state index in [0.717, 1.165) is 31.0 Å². The van der Waals surface area contributed by atoms with Crippen LogP contribution in [0.2, 0.25) is 5.02 Å². The molecule has 1 atom stereocenters. The maximum atomic E-state index is 12.0. The lowest BCUT2D eigenvalue weighted by Crippen LogP contribution is -2.22. The number of hydrazone groups is 1. The van der Waals surface area contributed by atoms with E-state index in [1.165, 1.54) is 18.6 Å². The van der Waals surface area contributed by atoms with Crippen molar-refractivity contribution in [2.24, 2.45) is 11.0 Å². The number of rotatable bonds is 3. The van der Waals surface area contributed by atoms with Gasteiger partial charge in [-0.2, -0.15) is 5.10 Å². The zero-order valence-corrected chi connectivity index (χ0v) is 12.4. The zero-order chi connectivity index (χ0) is 15.4. The Bertz CT molecular complexity index is 601. The van der Waals surface area contributed by atoms with E-state index < -0.39 is 10.8 Å².